The zero-order chi connectivity index (χ0) is 14.7. The van der Waals surface area contributed by atoms with Crippen LogP contribution >= 0.6 is 0 Å². The van der Waals surface area contributed by atoms with Crippen molar-refractivity contribution in [2.24, 2.45) is 5.73 Å². The van der Waals surface area contributed by atoms with Crippen molar-refractivity contribution in [3.8, 4) is 0 Å². The summed E-state index contributed by atoms with van der Waals surface area (Å²) in [5.74, 6) is -0.319. The lowest BCUT2D eigenvalue weighted by atomic mass is 9.87. The number of amides is 1. The van der Waals surface area contributed by atoms with Crippen LogP contribution in [-0.4, -0.2) is 11.9 Å². The lowest BCUT2D eigenvalue weighted by molar-refractivity contribution is -0.120. The number of hydrogen-bond donors (Lipinski definition) is 2. The van der Waals surface area contributed by atoms with E-state index in [4.69, 9.17) is 5.73 Å². The van der Waals surface area contributed by atoms with Gasteiger partial charge < -0.3 is 5.73 Å². The number of fused-ring (bicyclic) bond motifs is 1. The highest BCUT2D eigenvalue weighted by Crippen LogP contribution is 2.23. The molecule has 3 rings (SSSR count). The molecule has 0 aromatic heterocycles. The van der Waals surface area contributed by atoms with Crippen LogP contribution < -0.4 is 11.1 Å². The number of primary amides is 1. The Hall–Kier alpha value is -2.13. The van der Waals surface area contributed by atoms with Gasteiger partial charge in [-0.2, -0.15) is 0 Å². The van der Waals surface area contributed by atoms with Gasteiger partial charge in [-0.1, -0.05) is 54.6 Å². The summed E-state index contributed by atoms with van der Waals surface area (Å²) in [6, 6.07) is 18.1. The van der Waals surface area contributed by atoms with Crippen LogP contribution in [0.5, 0.6) is 0 Å². The number of nitrogens with two attached hydrogens (primary N) is 1. The Morgan fingerprint density at radius 3 is 2.43 bits per heavy atom. The molecule has 21 heavy (non-hydrogen) atoms. The van der Waals surface area contributed by atoms with Crippen molar-refractivity contribution in [2.45, 2.75) is 31.3 Å². The van der Waals surface area contributed by atoms with Gasteiger partial charge in [-0.25, -0.2) is 0 Å². The number of carbonyl (C=O) groups is 1. The summed E-state index contributed by atoms with van der Waals surface area (Å²) in [5.41, 5.74) is 9.31. The summed E-state index contributed by atoms with van der Waals surface area (Å²) in [5, 5.41) is 3.44. The van der Waals surface area contributed by atoms with Gasteiger partial charge >= 0.3 is 0 Å². The van der Waals surface area contributed by atoms with Crippen molar-refractivity contribution >= 4 is 5.91 Å². The van der Waals surface area contributed by atoms with Crippen LogP contribution in [0, 0.1) is 0 Å². The maximum atomic E-state index is 11.8. The van der Waals surface area contributed by atoms with E-state index >= 15 is 0 Å². The molecule has 0 radical (unpaired) electrons. The molecule has 0 bridgehead atoms. The molecule has 1 aliphatic carbocycles. The second-order valence-electron chi connectivity index (χ2n) is 5.62. The van der Waals surface area contributed by atoms with E-state index in [9.17, 15) is 4.79 Å². The standard InChI is InChI=1S/C18H20N2O/c19-18(21)17(14-7-2-1-3-8-14)20-16-11-10-13-6-4-5-9-15(13)12-16/h1-9,16-17,20H,10-12H2,(H2,19,21)/t16-,17-/m0/s1. The fraction of sp³-hybridized carbons (Fsp3) is 0.278. The fourth-order valence-electron chi connectivity index (χ4n) is 3.06. The molecule has 2 atom stereocenters. The van der Waals surface area contributed by atoms with Crippen molar-refractivity contribution in [1.82, 2.24) is 5.32 Å². The molecule has 1 aliphatic rings. The van der Waals surface area contributed by atoms with Crippen molar-refractivity contribution in [1.29, 1.82) is 0 Å². The minimum absolute atomic E-state index is 0.289. The molecule has 3 N–H and O–H groups in total. The number of aryl methyl sites for hydroxylation is 1. The maximum Gasteiger partial charge on any atom is 0.239 e. The van der Waals surface area contributed by atoms with Crippen molar-refractivity contribution in [2.75, 3.05) is 0 Å². The highest BCUT2D eigenvalue weighted by molar-refractivity contribution is 5.81. The van der Waals surface area contributed by atoms with Gasteiger partial charge in [0.1, 0.15) is 6.04 Å². The zero-order valence-electron chi connectivity index (χ0n) is 12.0. The molecule has 0 aliphatic heterocycles. The molecular weight excluding hydrogens is 260 g/mol. The second kappa shape index (κ2) is 6.10. The van der Waals surface area contributed by atoms with Crippen molar-refractivity contribution < 1.29 is 4.79 Å². The Labute approximate surface area is 125 Å². The maximum absolute atomic E-state index is 11.8. The Morgan fingerprint density at radius 1 is 1.05 bits per heavy atom. The topological polar surface area (TPSA) is 55.1 Å². The predicted octanol–water partition coefficient (Wildman–Crippen LogP) is 2.36. The SMILES string of the molecule is NC(=O)[C@@H](N[C@H]1CCc2ccccc2C1)c1ccccc1. The molecule has 3 nitrogen and oxygen atoms in total. The van der Waals surface area contributed by atoms with Crippen LogP contribution in [0.1, 0.15) is 29.2 Å². The number of benzene rings is 2. The molecule has 0 saturated heterocycles. The molecule has 1 amide bonds. The van der Waals surface area contributed by atoms with E-state index in [1.54, 1.807) is 0 Å². The Kier molecular flexibility index (Phi) is 4.02. The van der Waals surface area contributed by atoms with Crippen LogP contribution in [0.25, 0.3) is 0 Å². The smallest absolute Gasteiger partial charge is 0.239 e. The Morgan fingerprint density at radius 2 is 1.71 bits per heavy atom. The number of hydrogen-bond acceptors (Lipinski definition) is 2. The van der Waals surface area contributed by atoms with Gasteiger partial charge in [-0.3, -0.25) is 10.1 Å². The molecule has 108 valence electrons. The molecule has 0 heterocycles. The van der Waals surface area contributed by atoms with E-state index in [0.29, 0.717) is 0 Å². The molecule has 2 aromatic carbocycles. The average molecular weight is 280 g/mol. The second-order valence-corrected chi connectivity index (χ2v) is 5.62. The first-order chi connectivity index (χ1) is 10.2. The summed E-state index contributed by atoms with van der Waals surface area (Å²) in [6.45, 7) is 0. The third-order valence-corrected chi connectivity index (χ3v) is 4.17. The minimum Gasteiger partial charge on any atom is -0.368 e. The van der Waals surface area contributed by atoms with Gasteiger partial charge in [0.2, 0.25) is 5.91 Å². The van der Waals surface area contributed by atoms with Gasteiger partial charge in [-0.05, 0) is 36.0 Å². The third-order valence-electron chi connectivity index (χ3n) is 4.17. The molecular formula is C18H20N2O. The van der Waals surface area contributed by atoms with Gasteiger partial charge in [0, 0.05) is 6.04 Å². The van der Waals surface area contributed by atoms with E-state index < -0.39 is 6.04 Å². The van der Waals surface area contributed by atoms with Gasteiger partial charge in [-0.15, -0.1) is 0 Å². The molecule has 0 spiro atoms. The molecule has 0 fully saturated rings. The highest BCUT2D eigenvalue weighted by atomic mass is 16.1. The summed E-state index contributed by atoms with van der Waals surface area (Å²) in [4.78, 5) is 11.8. The number of carbonyl (C=O) groups excluding carboxylic acids is 1. The van der Waals surface area contributed by atoms with Gasteiger partial charge in [0.05, 0.1) is 0 Å². The average Bonchev–Trinajstić information content (AvgIpc) is 2.53. The highest BCUT2D eigenvalue weighted by Gasteiger charge is 2.24. The van der Waals surface area contributed by atoms with Gasteiger partial charge in [0.15, 0.2) is 0 Å². The molecule has 2 aromatic rings. The van der Waals surface area contributed by atoms with E-state index in [1.165, 1.54) is 11.1 Å². The minimum atomic E-state index is -0.415. The van der Waals surface area contributed by atoms with Crippen LogP contribution in [-0.2, 0) is 17.6 Å². The molecule has 3 heteroatoms. The predicted molar refractivity (Wildman–Crippen MR) is 83.8 cm³/mol. The summed E-state index contributed by atoms with van der Waals surface area (Å²) >= 11 is 0. The first-order valence-electron chi connectivity index (χ1n) is 7.41. The van der Waals surface area contributed by atoms with Crippen LogP contribution in [0.3, 0.4) is 0 Å². The lowest BCUT2D eigenvalue weighted by Gasteiger charge is -2.29. The van der Waals surface area contributed by atoms with Crippen LogP contribution in [0.15, 0.2) is 54.6 Å². The lowest BCUT2D eigenvalue weighted by Crippen LogP contribution is -2.42. The van der Waals surface area contributed by atoms with Crippen molar-refractivity contribution in [3.05, 3.63) is 71.3 Å². The van der Waals surface area contributed by atoms with E-state index in [0.717, 1.165) is 24.8 Å². The number of nitrogens with one attached hydrogen (secondary N) is 1. The quantitative estimate of drug-likeness (QED) is 0.903. The first-order valence-corrected chi connectivity index (χ1v) is 7.41. The van der Waals surface area contributed by atoms with Crippen molar-refractivity contribution in [3.63, 3.8) is 0 Å². The molecule has 0 saturated carbocycles. The van der Waals surface area contributed by atoms with Crippen LogP contribution in [0.4, 0.5) is 0 Å². The van der Waals surface area contributed by atoms with E-state index in [-0.39, 0.29) is 11.9 Å². The Balaban J connectivity index is 1.75. The monoisotopic (exact) mass is 280 g/mol. The zero-order valence-corrected chi connectivity index (χ0v) is 12.0. The summed E-state index contributed by atoms with van der Waals surface area (Å²) in [6.07, 6.45) is 3.04. The summed E-state index contributed by atoms with van der Waals surface area (Å²) < 4.78 is 0. The normalized spacial score (nSPS) is 18.8. The Bertz CT molecular complexity index is 624. The fourth-order valence-corrected chi connectivity index (χ4v) is 3.06. The number of rotatable bonds is 4. The van der Waals surface area contributed by atoms with E-state index in [1.807, 2.05) is 30.3 Å². The summed E-state index contributed by atoms with van der Waals surface area (Å²) in [7, 11) is 0. The largest absolute Gasteiger partial charge is 0.368 e. The van der Waals surface area contributed by atoms with Crippen LogP contribution in [0.2, 0.25) is 0 Å². The van der Waals surface area contributed by atoms with Gasteiger partial charge in [0.25, 0.3) is 0 Å². The van der Waals surface area contributed by atoms with E-state index in [2.05, 4.69) is 29.6 Å². The first kappa shape index (κ1) is 13.8. The molecule has 0 unspecified atom stereocenters. The third kappa shape index (κ3) is 3.14.